The van der Waals surface area contributed by atoms with E-state index in [1.165, 1.54) is 24.1 Å². The van der Waals surface area contributed by atoms with E-state index in [1.54, 1.807) is 18.2 Å². The van der Waals surface area contributed by atoms with E-state index in [0.29, 0.717) is 57.3 Å². The molecule has 6 nitrogen and oxygen atoms in total. The Labute approximate surface area is 215 Å². The molecule has 0 unspecified atom stereocenters. The van der Waals surface area contributed by atoms with Gasteiger partial charge >= 0.3 is 176 Å². The van der Waals surface area contributed by atoms with Crippen molar-refractivity contribution in [3.63, 3.8) is 0 Å². The molecule has 9 heteroatoms. The third-order valence-electron chi connectivity index (χ3n) is 6.25. The van der Waals surface area contributed by atoms with Gasteiger partial charge in [0.05, 0.1) is 0 Å². The van der Waals surface area contributed by atoms with Crippen LogP contribution in [0.1, 0.15) is 65.3 Å². The molecule has 2 aromatic rings. The summed E-state index contributed by atoms with van der Waals surface area (Å²) in [6.07, 6.45) is 5.86. The summed E-state index contributed by atoms with van der Waals surface area (Å²) in [5, 5.41) is 3.11. The fourth-order valence-corrected chi connectivity index (χ4v) is 5.54. The van der Waals surface area contributed by atoms with Crippen molar-refractivity contribution in [3.8, 4) is 0 Å². The third kappa shape index (κ3) is 7.20. The van der Waals surface area contributed by atoms with E-state index in [0.717, 1.165) is 37.2 Å². The zero-order valence-corrected chi connectivity index (χ0v) is 25.2. The molecular formula is C24H29ClFHgN4O2. The van der Waals surface area contributed by atoms with Gasteiger partial charge in [0.15, 0.2) is 0 Å². The molecule has 2 aliphatic rings. The van der Waals surface area contributed by atoms with Gasteiger partial charge in [0, 0.05) is 6.38 Å². The summed E-state index contributed by atoms with van der Waals surface area (Å²) in [6, 6.07) is 10.2. The number of halogens is 2. The van der Waals surface area contributed by atoms with Crippen LogP contribution in [-0.4, -0.2) is 44.5 Å². The molecule has 1 aromatic heterocycles. The minimum absolute atomic E-state index is 0.142. The summed E-state index contributed by atoms with van der Waals surface area (Å²) >= 11 is 5.17. The van der Waals surface area contributed by atoms with Gasteiger partial charge < -0.3 is 0 Å². The number of benzene rings is 1. The second-order valence-corrected chi connectivity index (χ2v) is 12.3. The zero-order chi connectivity index (χ0) is 24.0. The minimum atomic E-state index is -0.604. The normalized spacial score (nSPS) is 17.6. The van der Waals surface area contributed by atoms with E-state index in [2.05, 4.69) is 19.6 Å². The molecule has 1 aliphatic carbocycles. The molecule has 33 heavy (non-hydrogen) atoms. The number of hydrogen-bond acceptors (Lipinski definition) is 4. The number of amides is 2. The number of hydrogen-bond donors (Lipinski definition) is 2. The van der Waals surface area contributed by atoms with Crippen molar-refractivity contribution in [1.82, 2.24) is 13.0 Å². The van der Waals surface area contributed by atoms with Crippen LogP contribution in [0.5, 0.6) is 0 Å². The van der Waals surface area contributed by atoms with Crippen LogP contribution in [-0.2, 0) is 37.6 Å². The fourth-order valence-electron chi connectivity index (χ4n) is 4.31. The molecule has 3 N–H and O–H groups in total. The van der Waals surface area contributed by atoms with Crippen molar-refractivity contribution in [2.75, 3.05) is 19.5 Å². The summed E-state index contributed by atoms with van der Waals surface area (Å²) in [6.45, 7) is 1.75. The van der Waals surface area contributed by atoms with Crippen LogP contribution in [0.3, 0.4) is 0 Å². The number of nitrogens with one attached hydrogen (secondary N) is 1. The van der Waals surface area contributed by atoms with Crippen LogP contribution in [0.4, 0.5) is 4.39 Å². The SMILES string of the molecule is CCl.NC(=O)CC1(NC(=O)c2ccc(C3CC3)c(Cc3ccc(F)cc3)n2)CC[N]([Hg])CC1. The predicted octanol–water partition coefficient (Wildman–Crippen LogP) is 3.45. The van der Waals surface area contributed by atoms with Gasteiger partial charge in [-0.2, -0.15) is 0 Å². The van der Waals surface area contributed by atoms with Gasteiger partial charge in [-0.05, 0) is 12.1 Å². The summed E-state index contributed by atoms with van der Waals surface area (Å²) in [5.74, 6) is -0.452. The maximum absolute atomic E-state index is 13.3. The van der Waals surface area contributed by atoms with E-state index in [-0.39, 0.29) is 18.1 Å². The number of nitrogens with two attached hydrogens (primary N) is 1. The second-order valence-electron chi connectivity index (χ2n) is 8.81. The first-order chi connectivity index (χ1) is 15.8. The van der Waals surface area contributed by atoms with Crippen LogP contribution in [0.15, 0.2) is 36.4 Å². The molecular weight excluding hydrogens is 631 g/mol. The van der Waals surface area contributed by atoms with E-state index >= 15 is 0 Å². The Balaban J connectivity index is 0.00000149. The molecule has 2 heterocycles. The number of carbonyl (C=O) groups excluding carboxylic acids is 2. The van der Waals surface area contributed by atoms with Gasteiger partial charge in [0.2, 0.25) is 0 Å². The molecule has 1 aromatic carbocycles. The zero-order valence-electron chi connectivity index (χ0n) is 18.9. The van der Waals surface area contributed by atoms with Crippen LogP contribution in [0.25, 0.3) is 0 Å². The second kappa shape index (κ2) is 11.7. The summed E-state index contributed by atoms with van der Waals surface area (Å²) in [5.41, 5.74) is 8.24. The molecule has 2 amide bonds. The maximum atomic E-state index is 13.3. The van der Waals surface area contributed by atoms with E-state index in [4.69, 9.17) is 10.7 Å². The fraction of sp³-hybridized carbons (Fsp3) is 0.458. The average Bonchev–Trinajstić information content (AvgIpc) is 3.64. The van der Waals surface area contributed by atoms with E-state index in [9.17, 15) is 14.0 Å². The number of primary amides is 1. The number of carbonyl (C=O) groups is 2. The standard InChI is InChI=1S/C23H26FN4O2.CH3Cl.Hg/c24-17-5-1-15(2-6-17)13-20-18(16-3-4-16)7-8-19(27-20)22(30)28-23(14-21(25)29)9-11-26-12-10-23;1-2;/h1-2,5-8,16H,3-4,9-14H2,(H2,25,29)(H,28,30);1H3;/q-1;;+1. The van der Waals surface area contributed by atoms with Gasteiger partial charge in [-0.15, -0.1) is 11.6 Å². The molecule has 1 aliphatic heterocycles. The Morgan fingerprint density at radius 3 is 2.39 bits per heavy atom. The van der Waals surface area contributed by atoms with Crippen molar-refractivity contribution in [1.29, 1.82) is 0 Å². The topological polar surface area (TPSA) is 88.3 Å². The van der Waals surface area contributed by atoms with Crippen LogP contribution < -0.4 is 11.1 Å². The van der Waals surface area contributed by atoms with Gasteiger partial charge in [0.25, 0.3) is 0 Å². The van der Waals surface area contributed by atoms with Gasteiger partial charge in [-0.1, -0.05) is 0 Å². The molecule has 0 bridgehead atoms. The Morgan fingerprint density at radius 2 is 1.82 bits per heavy atom. The monoisotopic (exact) mass is 661 g/mol. The first kappa shape index (κ1) is 26.0. The first-order valence-electron chi connectivity index (χ1n) is 11.1. The summed E-state index contributed by atoms with van der Waals surface area (Å²) in [4.78, 5) is 29.6. The molecule has 1 saturated heterocycles. The Bertz CT molecular complexity index is 977. The van der Waals surface area contributed by atoms with E-state index in [1.807, 2.05) is 6.07 Å². The van der Waals surface area contributed by atoms with Crippen molar-refractivity contribution >= 4 is 23.4 Å². The van der Waals surface area contributed by atoms with Gasteiger partial charge in [-0.3, -0.25) is 0 Å². The van der Waals surface area contributed by atoms with Crippen molar-refractivity contribution in [2.24, 2.45) is 5.73 Å². The van der Waals surface area contributed by atoms with Gasteiger partial charge in [0.1, 0.15) is 5.82 Å². The van der Waals surface area contributed by atoms with Crippen LogP contribution in [0, 0.1) is 5.82 Å². The first-order valence-corrected chi connectivity index (χ1v) is 14.3. The molecule has 173 valence electrons. The number of alkyl halides is 1. The number of nitrogens with zero attached hydrogens (tertiary/aromatic N) is 2. The quantitative estimate of drug-likeness (QED) is 0.352. The van der Waals surface area contributed by atoms with Crippen LogP contribution in [0.2, 0.25) is 0 Å². The molecule has 4 rings (SSSR count). The number of rotatable bonds is 7. The number of pyridine rings is 1. The number of piperidine rings is 1. The molecule has 0 spiro atoms. The molecule has 0 radical (unpaired) electrons. The Hall–Kier alpha value is -1.57. The third-order valence-corrected chi connectivity index (χ3v) is 8.71. The van der Waals surface area contributed by atoms with Gasteiger partial charge in [-0.25, -0.2) is 4.39 Å². The van der Waals surface area contributed by atoms with Crippen molar-refractivity contribution in [2.45, 2.75) is 50.0 Å². The van der Waals surface area contributed by atoms with Crippen molar-refractivity contribution in [3.05, 3.63) is 64.7 Å². The Morgan fingerprint density at radius 1 is 1.18 bits per heavy atom. The number of aromatic nitrogens is 1. The molecule has 0 atom stereocenters. The van der Waals surface area contributed by atoms with E-state index < -0.39 is 11.4 Å². The van der Waals surface area contributed by atoms with Crippen molar-refractivity contribution < 1.29 is 40.4 Å². The average molecular weight is 661 g/mol. The predicted molar refractivity (Wildman–Crippen MR) is 122 cm³/mol. The summed E-state index contributed by atoms with van der Waals surface area (Å²) < 4.78 is 15.7. The summed E-state index contributed by atoms with van der Waals surface area (Å²) in [7, 11) is 0. The molecule has 1 saturated carbocycles. The Kier molecular flexibility index (Phi) is 9.24. The molecule has 2 fully saturated rings. The van der Waals surface area contributed by atoms with Crippen LogP contribution >= 0.6 is 11.6 Å².